The molecule has 4 rings (SSSR count). The highest BCUT2D eigenvalue weighted by Crippen LogP contribution is 2.36. The van der Waals surface area contributed by atoms with Gasteiger partial charge in [-0.3, -0.25) is 14.7 Å². The molecule has 0 amide bonds. The van der Waals surface area contributed by atoms with Crippen molar-refractivity contribution in [3.05, 3.63) is 105 Å². The van der Waals surface area contributed by atoms with Crippen molar-refractivity contribution in [2.75, 3.05) is 20.2 Å². The Kier molecular flexibility index (Phi) is 11.0. The quantitative estimate of drug-likeness (QED) is 0.159. The van der Waals surface area contributed by atoms with Gasteiger partial charge in [-0.15, -0.1) is 6.42 Å². The fraction of sp³-hybridized carbons (Fsp3) is 0.229. The summed E-state index contributed by atoms with van der Waals surface area (Å²) in [4.78, 5) is 17.1. The highest BCUT2D eigenvalue weighted by atomic mass is 79.9. The average molecular weight is 655 g/mol. The first kappa shape index (κ1) is 32.1. The van der Waals surface area contributed by atoms with E-state index in [0.29, 0.717) is 34.7 Å². The number of hydrogen-bond donors (Lipinski definition) is 1. The lowest BCUT2D eigenvalue weighted by molar-refractivity contribution is -0.138. The second-order valence-corrected chi connectivity index (χ2v) is 11.1. The first-order valence-electron chi connectivity index (χ1n) is 13.8. The van der Waals surface area contributed by atoms with Crippen LogP contribution in [0.25, 0.3) is 11.1 Å². The minimum Gasteiger partial charge on any atom is -0.488 e. The monoisotopic (exact) mass is 653 g/mol. The number of rotatable bonds is 13. The van der Waals surface area contributed by atoms with E-state index in [4.69, 9.17) is 20.6 Å². The van der Waals surface area contributed by atoms with Crippen molar-refractivity contribution in [1.82, 2.24) is 9.88 Å². The van der Waals surface area contributed by atoms with E-state index in [1.165, 1.54) is 6.20 Å². The number of aliphatic carboxylic acids is 1. The number of halogens is 1. The number of carboxylic acids is 1. The number of ether oxygens (including phenoxy) is 3. The molecule has 0 bridgehead atoms. The highest BCUT2D eigenvalue weighted by Gasteiger charge is 2.16. The summed E-state index contributed by atoms with van der Waals surface area (Å²) in [5.74, 6) is 3.45. The average Bonchev–Trinajstić information content (AvgIpc) is 3.00. The lowest BCUT2D eigenvalue weighted by Crippen LogP contribution is -2.25. The van der Waals surface area contributed by atoms with Gasteiger partial charge in [0.25, 0.3) is 0 Å². The van der Waals surface area contributed by atoms with Crippen molar-refractivity contribution in [2.45, 2.75) is 33.6 Å². The summed E-state index contributed by atoms with van der Waals surface area (Å²) < 4.78 is 18.9. The van der Waals surface area contributed by atoms with E-state index in [1.807, 2.05) is 37.3 Å². The number of benzene rings is 3. The van der Waals surface area contributed by atoms with Crippen LogP contribution in [0, 0.1) is 37.5 Å². The third-order valence-corrected chi connectivity index (χ3v) is 7.61. The molecule has 0 atom stereocenters. The number of aromatic nitrogens is 1. The van der Waals surface area contributed by atoms with E-state index in [0.717, 1.165) is 44.7 Å². The standard InChI is InChI=1S/C35H32BrN3O5/c1-5-12-42-32-11-7-10-30(24(32)3)29-9-6-8-27(23(29)2)22-44-34-15-33(43-21-26-13-25(16-37)17-38-18-26)28(14-31(34)36)19-39(4)20-35(40)41/h1,6-11,13-15,17-18H,12,19-22H2,2-4H3,(H,40,41). The largest absolute Gasteiger partial charge is 0.488 e. The maximum atomic E-state index is 11.3. The molecule has 8 nitrogen and oxygen atoms in total. The number of carbonyl (C=O) groups is 1. The Morgan fingerprint density at radius 1 is 0.955 bits per heavy atom. The Labute approximate surface area is 266 Å². The Bertz CT molecular complexity index is 1740. The molecule has 9 heteroatoms. The molecule has 0 aliphatic rings. The zero-order chi connectivity index (χ0) is 31.6. The minimum atomic E-state index is -0.923. The predicted molar refractivity (Wildman–Crippen MR) is 171 cm³/mol. The molecule has 1 N–H and O–H groups in total. The number of likely N-dealkylation sites (N-methyl/N-ethyl adjacent to an activating group) is 1. The van der Waals surface area contributed by atoms with Crippen LogP contribution in [0.5, 0.6) is 17.2 Å². The molecule has 0 aliphatic carbocycles. The smallest absolute Gasteiger partial charge is 0.317 e. The Hall–Kier alpha value is -4.83. The van der Waals surface area contributed by atoms with Crippen molar-refractivity contribution in [3.63, 3.8) is 0 Å². The summed E-state index contributed by atoms with van der Waals surface area (Å²) >= 11 is 3.63. The van der Waals surface area contributed by atoms with Crippen molar-refractivity contribution in [1.29, 1.82) is 5.26 Å². The molecule has 0 fully saturated rings. The number of nitriles is 1. The van der Waals surface area contributed by atoms with Crippen LogP contribution in [-0.4, -0.2) is 41.2 Å². The van der Waals surface area contributed by atoms with Crippen LogP contribution in [0.4, 0.5) is 0 Å². The third kappa shape index (κ3) is 8.17. The Morgan fingerprint density at radius 2 is 1.68 bits per heavy atom. The topological polar surface area (TPSA) is 105 Å². The van der Waals surface area contributed by atoms with E-state index in [9.17, 15) is 15.2 Å². The minimum absolute atomic E-state index is 0.128. The van der Waals surface area contributed by atoms with E-state index >= 15 is 0 Å². The molecule has 4 aromatic rings. The molecule has 0 aliphatic heterocycles. The van der Waals surface area contributed by atoms with Gasteiger partial charge in [0.2, 0.25) is 0 Å². The number of nitrogens with zero attached hydrogens (tertiary/aromatic N) is 3. The van der Waals surface area contributed by atoms with Gasteiger partial charge >= 0.3 is 5.97 Å². The number of pyridine rings is 1. The summed E-state index contributed by atoms with van der Waals surface area (Å²) in [7, 11) is 1.73. The highest BCUT2D eigenvalue weighted by molar-refractivity contribution is 9.10. The zero-order valence-electron chi connectivity index (χ0n) is 24.8. The third-order valence-electron chi connectivity index (χ3n) is 6.99. The van der Waals surface area contributed by atoms with Crippen LogP contribution < -0.4 is 14.2 Å². The van der Waals surface area contributed by atoms with Crippen molar-refractivity contribution in [3.8, 4) is 46.8 Å². The van der Waals surface area contributed by atoms with Crippen molar-refractivity contribution < 1.29 is 24.1 Å². The van der Waals surface area contributed by atoms with Crippen molar-refractivity contribution >= 4 is 21.9 Å². The second-order valence-electron chi connectivity index (χ2n) is 10.2. The molecule has 0 saturated carbocycles. The van der Waals surface area contributed by atoms with Crippen LogP contribution in [0.2, 0.25) is 0 Å². The van der Waals surface area contributed by atoms with Gasteiger partial charge in [-0.05, 0) is 82.8 Å². The molecule has 44 heavy (non-hydrogen) atoms. The molecule has 1 aromatic heterocycles. The molecule has 3 aromatic carbocycles. The van der Waals surface area contributed by atoms with Crippen LogP contribution in [0.15, 0.2) is 71.5 Å². The lowest BCUT2D eigenvalue weighted by atomic mass is 9.93. The van der Waals surface area contributed by atoms with Crippen LogP contribution in [0.3, 0.4) is 0 Å². The summed E-state index contributed by atoms with van der Waals surface area (Å²) in [6, 6.07) is 19.5. The molecule has 0 spiro atoms. The summed E-state index contributed by atoms with van der Waals surface area (Å²) in [5.41, 5.74) is 7.17. The summed E-state index contributed by atoms with van der Waals surface area (Å²) in [5, 5.41) is 18.5. The maximum absolute atomic E-state index is 11.3. The number of terminal acetylenes is 1. The van der Waals surface area contributed by atoms with Crippen molar-refractivity contribution in [2.24, 2.45) is 0 Å². The molecule has 0 unspecified atom stereocenters. The van der Waals surface area contributed by atoms with E-state index in [1.54, 1.807) is 30.3 Å². The van der Waals surface area contributed by atoms with E-state index < -0.39 is 5.97 Å². The number of carboxylic acid groups (broad SMARTS) is 1. The van der Waals surface area contributed by atoms with Gasteiger partial charge in [0.15, 0.2) is 0 Å². The molecular formula is C35H32BrN3O5. The van der Waals surface area contributed by atoms with Crippen LogP contribution in [0.1, 0.15) is 33.4 Å². The van der Waals surface area contributed by atoms with Gasteiger partial charge in [-0.1, -0.05) is 36.3 Å². The molecular weight excluding hydrogens is 622 g/mol. The first-order chi connectivity index (χ1) is 21.2. The van der Waals surface area contributed by atoms with Gasteiger partial charge in [0.1, 0.15) is 43.1 Å². The predicted octanol–water partition coefficient (Wildman–Crippen LogP) is 6.69. The normalized spacial score (nSPS) is 10.6. The number of hydrogen-bond acceptors (Lipinski definition) is 7. The zero-order valence-corrected chi connectivity index (χ0v) is 26.3. The Balaban J connectivity index is 1.60. The lowest BCUT2D eigenvalue weighted by Gasteiger charge is -2.20. The first-order valence-corrected chi connectivity index (χ1v) is 14.6. The molecule has 1 heterocycles. The second kappa shape index (κ2) is 15.1. The fourth-order valence-corrected chi connectivity index (χ4v) is 5.29. The molecule has 224 valence electrons. The summed E-state index contributed by atoms with van der Waals surface area (Å²) in [6.45, 7) is 4.97. The van der Waals surface area contributed by atoms with E-state index in [2.05, 4.69) is 52.0 Å². The van der Waals surface area contributed by atoms with Crippen LogP contribution >= 0.6 is 15.9 Å². The van der Waals surface area contributed by atoms with Crippen LogP contribution in [-0.2, 0) is 24.6 Å². The van der Waals surface area contributed by atoms with E-state index in [-0.39, 0.29) is 19.8 Å². The van der Waals surface area contributed by atoms with Gasteiger partial charge < -0.3 is 19.3 Å². The van der Waals surface area contributed by atoms with Gasteiger partial charge in [-0.25, -0.2) is 0 Å². The van der Waals surface area contributed by atoms with Gasteiger partial charge in [0, 0.05) is 36.1 Å². The summed E-state index contributed by atoms with van der Waals surface area (Å²) in [6.07, 6.45) is 8.52. The van der Waals surface area contributed by atoms with Gasteiger partial charge in [-0.2, -0.15) is 5.26 Å². The maximum Gasteiger partial charge on any atom is 0.317 e. The molecule has 0 saturated heterocycles. The SMILES string of the molecule is C#CCOc1cccc(-c2cccc(COc3cc(OCc4cncc(C#N)c4)c(CN(C)CC(=O)O)cc3Br)c2C)c1C. The fourth-order valence-electron chi connectivity index (χ4n) is 4.78. The Morgan fingerprint density at radius 3 is 2.41 bits per heavy atom. The molecule has 0 radical (unpaired) electrons. The van der Waals surface area contributed by atoms with Gasteiger partial charge in [0.05, 0.1) is 16.6 Å².